The van der Waals surface area contributed by atoms with Gasteiger partial charge in [0.1, 0.15) is 6.61 Å². The van der Waals surface area contributed by atoms with Crippen molar-refractivity contribution in [1.29, 1.82) is 0 Å². The Bertz CT molecular complexity index is 741. The third-order valence-electron chi connectivity index (χ3n) is 3.51. The van der Waals surface area contributed by atoms with Gasteiger partial charge in [0.2, 0.25) is 5.88 Å². The van der Waals surface area contributed by atoms with Crippen LogP contribution >= 0.6 is 23.2 Å². The first-order valence-electron chi connectivity index (χ1n) is 8.08. The molecule has 0 aliphatic carbocycles. The van der Waals surface area contributed by atoms with Gasteiger partial charge in [-0.15, -0.1) is 0 Å². The molecule has 0 atom stereocenters. The fourth-order valence-corrected chi connectivity index (χ4v) is 2.63. The molecule has 0 saturated carbocycles. The number of hydrogen-bond acceptors (Lipinski definition) is 4. The predicted molar refractivity (Wildman–Crippen MR) is 105 cm³/mol. The van der Waals surface area contributed by atoms with Crippen molar-refractivity contribution in [3.05, 3.63) is 57.7 Å². The molecule has 0 radical (unpaired) electrons. The van der Waals surface area contributed by atoms with E-state index in [0.29, 0.717) is 48.2 Å². The van der Waals surface area contributed by atoms with Crippen molar-refractivity contribution in [2.75, 3.05) is 27.4 Å². The lowest BCUT2D eigenvalue weighted by Gasteiger charge is -2.14. The van der Waals surface area contributed by atoms with Gasteiger partial charge in [-0.25, -0.2) is 4.98 Å². The number of methoxy groups -OCH3 is 1. The first kappa shape index (κ1) is 20.3. The Morgan fingerprint density at radius 2 is 1.88 bits per heavy atom. The number of guanidine groups is 1. The van der Waals surface area contributed by atoms with E-state index in [2.05, 4.69) is 20.6 Å². The quantitative estimate of drug-likeness (QED) is 0.407. The van der Waals surface area contributed by atoms with E-state index in [1.807, 2.05) is 18.2 Å². The highest BCUT2D eigenvalue weighted by Crippen LogP contribution is 2.20. The summed E-state index contributed by atoms with van der Waals surface area (Å²) < 4.78 is 10.6. The Hall–Kier alpha value is -2.02. The standard InChI is InChI=1S/C18H22Cl2N4O2/c1-21-18(23-11-13-5-6-15(19)10-16(13)20)24-12-14-4-3-7-22-17(14)26-9-8-25-2/h3-7,10H,8-9,11-12H2,1-2H3,(H2,21,23,24). The van der Waals surface area contributed by atoms with E-state index in [9.17, 15) is 0 Å². The number of pyridine rings is 1. The number of aromatic nitrogens is 1. The SMILES string of the molecule is CN=C(NCc1ccc(Cl)cc1Cl)NCc1cccnc1OCCOC. The van der Waals surface area contributed by atoms with Gasteiger partial charge >= 0.3 is 0 Å². The summed E-state index contributed by atoms with van der Waals surface area (Å²) in [4.78, 5) is 8.47. The molecule has 0 amide bonds. The number of aliphatic imine (C=N–C) groups is 1. The molecule has 0 unspecified atom stereocenters. The summed E-state index contributed by atoms with van der Waals surface area (Å²) in [6.45, 7) is 2.00. The van der Waals surface area contributed by atoms with Crippen LogP contribution in [0, 0.1) is 0 Å². The van der Waals surface area contributed by atoms with Crippen molar-refractivity contribution in [3.63, 3.8) is 0 Å². The van der Waals surface area contributed by atoms with Crippen LogP contribution in [0.4, 0.5) is 0 Å². The van der Waals surface area contributed by atoms with Crippen LogP contribution in [-0.4, -0.2) is 38.3 Å². The molecule has 0 bridgehead atoms. The number of nitrogens with zero attached hydrogens (tertiary/aromatic N) is 2. The Balaban J connectivity index is 1.91. The summed E-state index contributed by atoms with van der Waals surface area (Å²) in [6, 6.07) is 9.22. The molecule has 26 heavy (non-hydrogen) atoms. The molecule has 2 rings (SSSR count). The molecule has 0 fully saturated rings. The average molecular weight is 397 g/mol. The van der Waals surface area contributed by atoms with E-state index < -0.39 is 0 Å². The highest BCUT2D eigenvalue weighted by atomic mass is 35.5. The normalized spacial score (nSPS) is 11.3. The summed E-state index contributed by atoms with van der Waals surface area (Å²) in [7, 11) is 3.34. The maximum atomic E-state index is 6.19. The number of rotatable bonds is 8. The van der Waals surface area contributed by atoms with Crippen LogP contribution in [0.15, 0.2) is 41.5 Å². The molecule has 0 aliphatic heterocycles. The van der Waals surface area contributed by atoms with E-state index in [0.717, 1.165) is 11.1 Å². The Morgan fingerprint density at radius 3 is 2.58 bits per heavy atom. The molecule has 2 N–H and O–H groups in total. The van der Waals surface area contributed by atoms with Crippen molar-refractivity contribution < 1.29 is 9.47 Å². The summed E-state index contributed by atoms with van der Waals surface area (Å²) in [5.41, 5.74) is 1.86. The number of benzene rings is 1. The first-order chi connectivity index (χ1) is 12.6. The van der Waals surface area contributed by atoms with Gasteiger partial charge in [-0.1, -0.05) is 35.3 Å². The third-order valence-corrected chi connectivity index (χ3v) is 4.09. The summed E-state index contributed by atoms with van der Waals surface area (Å²) in [5, 5.41) is 7.68. The maximum Gasteiger partial charge on any atom is 0.218 e. The zero-order valence-corrected chi connectivity index (χ0v) is 16.3. The molecule has 6 nitrogen and oxygen atoms in total. The molecule has 2 aromatic rings. The fourth-order valence-electron chi connectivity index (χ4n) is 2.15. The monoisotopic (exact) mass is 396 g/mol. The van der Waals surface area contributed by atoms with Crippen molar-refractivity contribution in [1.82, 2.24) is 15.6 Å². The molecule has 0 saturated heterocycles. The highest BCUT2D eigenvalue weighted by Gasteiger charge is 2.07. The van der Waals surface area contributed by atoms with Crippen LogP contribution in [0.1, 0.15) is 11.1 Å². The third kappa shape index (κ3) is 6.37. The minimum Gasteiger partial charge on any atom is -0.475 e. The topological polar surface area (TPSA) is 67.8 Å². The van der Waals surface area contributed by atoms with Gasteiger partial charge in [-0.3, -0.25) is 4.99 Å². The smallest absolute Gasteiger partial charge is 0.218 e. The zero-order valence-electron chi connectivity index (χ0n) is 14.8. The maximum absolute atomic E-state index is 6.19. The van der Waals surface area contributed by atoms with Crippen LogP contribution in [0.5, 0.6) is 5.88 Å². The number of nitrogens with one attached hydrogen (secondary N) is 2. The van der Waals surface area contributed by atoms with Gasteiger partial charge in [-0.2, -0.15) is 0 Å². The second-order valence-corrected chi connectivity index (χ2v) is 6.17. The first-order valence-corrected chi connectivity index (χ1v) is 8.83. The minimum absolute atomic E-state index is 0.447. The van der Waals surface area contributed by atoms with Crippen molar-refractivity contribution in [3.8, 4) is 5.88 Å². The van der Waals surface area contributed by atoms with Gasteiger partial charge in [0, 0.05) is 49.1 Å². The molecular formula is C18H22Cl2N4O2. The van der Waals surface area contributed by atoms with Crippen LogP contribution in [0.3, 0.4) is 0 Å². The van der Waals surface area contributed by atoms with Gasteiger partial charge in [-0.05, 0) is 23.8 Å². The molecule has 0 spiro atoms. The van der Waals surface area contributed by atoms with Crippen LogP contribution in [0.2, 0.25) is 10.0 Å². The van der Waals surface area contributed by atoms with Crippen LogP contribution in [-0.2, 0) is 17.8 Å². The van der Waals surface area contributed by atoms with E-state index in [1.165, 1.54) is 0 Å². The number of halogens is 2. The molecule has 8 heteroatoms. The Labute approximate surface area is 163 Å². The number of ether oxygens (including phenoxy) is 2. The number of hydrogen-bond donors (Lipinski definition) is 2. The van der Waals surface area contributed by atoms with Crippen molar-refractivity contribution in [2.45, 2.75) is 13.1 Å². The van der Waals surface area contributed by atoms with Crippen LogP contribution < -0.4 is 15.4 Å². The molecule has 1 aromatic heterocycles. The van der Waals surface area contributed by atoms with Gasteiger partial charge in [0.25, 0.3) is 0 Å². The van der Waals surface area contributed by atoms with Crippen molar-refractivity contribution in [2.24, 2.45) is 4.99 Å². The van der Waals surface area contributed by atoms with Crippen molar-refractivity contribution >= 4 is 29.2 Å². The molecule has 140 valence electrons. The van der Waals surface area contributed by atoms with Crippen LogP contribution in [0.25, 0.3) is 0 Å². The van der Waals surface area contributed by atoms with E-state index in [-0.39, 0.29) is 0 Å². The lowest BCUT2D eigenvalue weighted by atomic mass is 10.2. The molecule has 1 aromatic carbocycles. The summed E-state index contributed by atoms with van der Waals surface area (Å²) >= 11 is 12.1. The minimum atomic E-state index is 0.447. The average Bonchev–Trinajstić information content (AvgIpc) is 2.64. The lowest BCUT2D eigenvalue weighted by Crippen LogP contribution is -2.36. The van der Waals surface area contributed by atoms with E-state index >= 15 is 0 Å². The highest BCUT2D eigenvalue weighted by molar-refractivity contribution is 6.35. The predicted octanol–water partition coefficient (Wildman–Crippen LogP) is 3.28. The van der Waals surface area contributed by atoms with E-state index in [4.69, 9.17) is 32.7 Å². The van der Waals surface area contributed by atoms with E-state index in [1.54, 1.807) is 32.5 Å². The lowest BCUT2D eigenvalue weighted by molar-refractivity contribution is 0.143. The Kier molecular flexibility index (Phi) is 8.47. The molecular weight excluding hydrogens is 375 g/mol. The summed E-state index contributed by atoms with van der Waals surface area (Å²) in [5.74, 6) is 1.22. The van der Waals surface area contributed by atoms with Gasteiger partial charge in [0.15, 0.2) is 5.96 Å². The fraction of sp³-hybridized carbons (Fsp3) is 0.333. The second-order valence-electron chi connectivity index (χ2n) is 5.32. The second kappa shape index (κ2) is 10.9. The molecule has 0 aliphatic rings. The van der Waals surface area contributed by atoms with Gasteiger partial charge in [0.05, 0.1) is 6.61 Å². The van der Waals surface area contributed by atoms with Gasteiger partial charge < -0.3 is 20.1 Å². The Morgan fingerprint density at radius 1 is 1.12 bits per heavy atom. The molecule has 1 heterocycles. The summed E-state index contributed by atoms with van der Waals surface area (Å²) in [6.07, 6.45) is 1.70. The zero-order chi connectivity index (χ0) is 18.8. The largest absolute Gasteiger partial charge is 0.475 e.